The summed E-state index contributed by atoms with van der Waals surface area (Å²) in [4.78, 5) is 28.8. The molecule has 218 valence electrons. The minimum absolute atomic E-state index is 0.00389. The summed E-state index contributed by atoms with van der Waals surface area (Å²) in [7, 11) is -4.16. The predicted molar refractivity (Wildman–Crippen MR) is 164 cm³/mol. The van der Waals surface area contributed by atoms with E-state index >= 15 is 0 Å². The highest BCUT2D eigenvalue weighted by Crippen LogP contribution is 2.27. The second-order valence-corrected chi connectivity index (χ2v) is 13.3. The molecule has 4 rings (SSSR count). The van der Waals surface area contributed by atoms with Crippen LogP contribution in [0, 0.1) is 13.8 Å². The zero-order valence-electron chi connectivity index (χ0n) is 23.4. The van der Waals surface area contributed by atoms with Gasteiger partial charge in [-0.25, -0.2) is 8.42 Å². The van der Waals surface area contributed by atoms with Crippen LogP contribution >= 0.6 is 23.2 Å². The first-order valence-electron chi connectivity index (χ1n) is 13.7. The molecule has 0 aromatic heterocycles. The van der Waals surface area contributed by atoms with Crippen molar-refractivity contribution in [2.45, 2.75) is 70.0 Å². The van der Waals surface area contributed by atoms with Gasteiger partial charge < -0.3 is 10.2 Å². The molecular formula is C31H35Cl2N3O4S. The van der Waals surface area contributed by atoms with Gasteiger partial charge in [0.25, 0.3) is 10.0 Å². The number of hydrogen-bond donors (Lipinski definition) is 1. The Balaban J connectivity index is 1.70. The van der Waals surface area contributed by atoms with E-state index in [2.05, 4.69) is 5.32 Å². The lowest BCUT2D eigenvalue weighted by atomic mass is 10.1. The van der Waals surface area contributed by atoms with Crippen LogP contribution in [0.25, 0.3) is 0 Å². The van der Waals surface area contributed by atoms with E-state index in [4.69, 9.17) is 23.2 Å². The molecule has 1 saturated carbocycles. The van der Waals surface area contributed by atoms with Crippen molar-refractivity contribution < 1.29 is 18.0 Å². The van der Waals surface area contributed by atoms with Crippen molar-refractivity contribution in [3.8, 4) is 0 Å². The Bertz CT molecular complexity index is 1490. The number of halogens is 2. The number of carbonyl (C=O) groups is 2. The summed E-state index contributed by atoms with van der Waals surface area (Å²) < 4.78 is 29.0. The van der Waals surface area contributed by atoms with Crippen LogP contribution in [-0.4, -0.2) is 43.8 Å². The van der Waals surface area contributed by atoms with E-state index in [9.17, 15) is 18.0 Å². The van der Waals surface area contributed by atoms with Crippen molar-refractivity contribution in [2.75, 3.05) is 10.8 Å². The molecule has 7 nitrogen and oxygen atoms in total. The number of aryl methyl sites for hydroxylation is 2. The highest BCUT2D eigenvalue weighted by molar-refractivity contribution is 7.92. The number of rotatable bonds is 10. The van der Waals surface area contributed by atoms with Crippen LogP contribution in [-0.2, 0) is 26.2 Å². The maximum absolute atomic E-state index is 14.1. The van der Waals surface area contributed by atoms with E-state index in [1.54, 1.807) is 43.3 Å². The Kier molecular flexibility index (Phi) is 10.00. The van der Waals surface area contributed by atoms with Gasteiger partial charge in [0, 0.05) is 22.6 Å². The number of hydrogen-bond acceptors (Lipinski definition) is 4. The molecule has 0 aliphatic heterocycles. The number of carbonyl (C=O) groups excluding carboxylic acids is 2. The van der Waals surface area contributed by atoms with Crippen LogP contribution in [0.2, 0.25) is 10.0 Å². The van der Waals surface area contributed by atoms with Gasteiger partial charge in [0.2, 0.25) is 11.8 Å². The first-order chi connectivity index (χ1) is 19.5. The Morgan fingerprint density at radius 2 is 1.49 bits per heavy atom. The van der Waals surface area contributed by atoms with E-state index in [0.717, 1.165) is 46.7 Å². The highest BCUT2D eigenvalue weighted by atomic mass is 35.5. The van der Waals surface area contributed by atoms with Gasteiger partial charge in [-0.05, 0) is 98.8 Å². The molecule has 0 bridgehead atoms. The number of nitrogens with one attached hydrogen (secondary N) is 1. The second-order valence-electron chi connectivity index (χ2n) is 10.5. The molecule has 0 unspecified atom stereocenters. The molecule has 0 radical (unpaired) electrons. The van der Waals surface area contributed by atoms with Gasteiger partial charge in [0.1, 0.15) is 12.6 Å². The van der Waals surface area contributed by atoms with Gasteiger partial charge in [-0.3, -0.25) is 13.9 Å². The SMILES string of the molecule is Cc1ccc(N(CC(=O)N(Cc2ccc(Cl)cc2)[C@@H](C)C(=O)NC2CCCC2)S(=O)(=O)c2ccc(Cl)cc2)cc1C. The number of nitrogens with zero attached hydrogens (tertiary/aromatic N) is 2. The number of benzene rings is 3. The second kappa shape index (κ2) is 13.3. The first kappa shape index (κ1) is 30.9. The standard InChI is InChI=1S/C31H35Cl2N3O4S/c1-21-8-15-28(18-22(21)2)36(41(39,40)29-16-13-26(33)14-17-29)20-30(37)35(19-24-9-11-25(32)12-10-24)23(3)31(38)34-27-6-4-5-7-27/h8-18,23,27H,4-7,19-20H2,1-3H3,(H,34,38)/t23-/m0/s1. The van der Waals surface area contributed by atoms with Gasteiger partial charge >= 0.3 is 0 Å². The summed E-state index contributed by atoms with van der Waals surface area (Å²) in [5.74, 6) is -0.776. The van der Waals surface area contributed by atoms with Crippen LogP contribution in [0.3, 0.4) is 0 Å². The van der Waals surface area contributed by atoms with E-state index in [-0.39, 0.29) is 23.4 Å². The highest BCUT2D eigenvalue weighted by Gasteiger charge is 2.33. The molecule has 0 heterocycles. The minimum Gasteiger partial charge on any atom is -0.352 e. The molecule has 0 spiro atoms. The maximum atomic E-state index is 14.1. The predicted octanol–water partition coefficient (Wildman–Crippen LogP) is 6.28. The van der Waals surface area contributed by atoms with Gasteiger partial charge in [-0.15, -0.1) is 0 Å². The smallest absolute Gasteiger partial charge is 0.264 e. The van der Waals surface area contributed by atoms with Crippen molar-refractivity contribution >= 4 is 50.7 Å². The molecule has 1 aliphatic rings. The van der Waals surface area contributed by atoms with Gasteiger partial charge in [-0.1, -0.05) is 54.2 Å². The van der Waals surface area contributed by atoms with Crippen molar-refractivity contribution in [3.63, 3.8) is 0 Å². The van der Waals surface area contributed by atoms with Gasteiger partial charge in [0.05, 0.1) is 10.6 Å². The lowest BCUT2D eigenvalue weighted by molar-refractivity contribution is -0.139. The van der Waals surface area contributed by atoms with Crippen LogP contribution in [0.1, 0.15) is 49.3 Å². The minimum atomic E-state index is -4.16. The van der Waals surface area contributed by atoms with Crippen LogP contribution < -0.4 is 9.62 Å². The maximum Gasteiger partial charge on any atom is 0.264 e. The Hall–Kier alpha value is -3.07. The zero-order chi connectivity index (χ0) is 29.7. The molecule has 1 fully saturated rings. The van der Waals surface area contributed by atoms with Crippen molar-refractivity contribution in [2.24, 2.45) is 0 Å². The van der Waals surface area contributed by atoms with E-state index in [1.165, 1.54) is 29.2 Å². The first-order valence-corrected chi connectivity index (χ1v) is 15.8. The Morgan fingerprint density at radius 1 is 0.902 bits per heavy atom. The van der Waals surface area contributed by atoms with Gasteiger partial charge in [-0.2, -0.15) is 0 Å². The van der Waals surface area contributed by atoms with Gasteiger partial charge in [0.15, 0.2) is 0 Å². The van der Waals surface area contributed by atoms with Crippen LogP contribution in [0.4, 0.5) is 5.69 Å². The summed E-state index contributed by atoms with van der Waals surface area (Å²) in [6.07, 6.45) is 3.92. The molecule has 41 heavy (non-hydrogen) atoms. The summed E-state index contributed by atoms with van der Waals surface area (Å²) in [5.41, 5.74) is 2.99. The largest absolute Gasteiger partial charge is 0.352 e. The molecule has 1 atom stereocenters. The summed E-state index contributed by atoms with van der Waals surface area (Å²) >= 11 is 12.1. The van der Waals surface area contributed by atoms with E-state index in [1.807, 2.05) is 19.9 Å². The molecule has 0 saturated heterocycles. The number of amides is 2. The van der Waals surface area contributed by atoms with E-state index < -0.39 is 28.5 Å². The third-order valence-corrected chi connectivity index (χ3v) is 9.89. The lowest BCUT2D eigenvalue weighted by Crippen LogP contribution is -2.52. The summed E-state index contributed by atoms with van der Waals surface area (Å²) in [6, 6.07) is 17.3. The van der Waals surface area contributed by atoms with Crippen molar-refractivity contribution in [1.82, 2.24) is 10.2 Å². The average molecular weight is 617 g/mol. The molecule has 1 N–H and O–H groups in total. The van der Waals surface area contributed by atoms with Crippen molar-refractivity contribution in [3.05, 3.63) is 93.5 Å². The number of anilines is 1. The van der Waals surface area contributed by atoms with Crippen LogP contribution in [0.5, 0.6) is 0 Å². The molecule has 3 aromatic rings. The fraction of sp³-hybridized carbons (Fsp3) is 0.355. The molecule has 1 aliphatic carbocycles. The quantitative estimate of drug-likeness (QED) is 0.291. The zero-order valence-corrected chi connectivity index (χ0v) is 25.8. The number of sulfonamides is 1. The Morgan fingerprint density at radius 3 is 2.07 bits per heavy atom. The Labute approximate surface area is 252 Å². The molecule has 3 aromatic carbocycles. The summed E-state index contributed by atoms with van der Waals surface area (Å²) in [6.45, 7) is 5.10. The topological polar surface area (TPSA) is 86.8 Å². The molecule has 2 amide bonds. The summed E-state index contributed by atoms with van der Waals surface area (Å²) in [5, 5.41) is 4.02. The fourth-order valence-corrected chi connectivity index (χ4v) is 6.56. The molecule has 10 heteroatoms. The average Bonchev–Trinajstić information content (AvgIpc) is 3.45. The monoisotopic (exact) mass is 615 g/mol. The third kappa shape index (κ3) is 7.61. The fourth-order valence-electron chi connectivity index (χ4n) is 4.90. The lowest BCUT2D eigenvalue weighted by Gasteiger charge is -2.32. The molecular weight excluding hydrogens is 581 g/mol. The van der Waals surface area contributed by atoms with Crippen LogP contribution in [0.15, 0.2) is 71.6 Å². The third-order valence-electron chi connectivity index (χ3n) is 7.59. The van der Waals surface area contributed by atoms with Crippen molar-refractivity contribution in [1.29, 1.82) is 0 Å². The normalized spacial score (nSPS) is 14.5. The van der Waals surface area contributed by atoms with E-state index in [0.29, 0.717) is 15.7 Å².